The maximum Gasteiger partial charge on any atom is 0.349 e. The van der Waals surface area contributed by atoms with E-state index in [9.17, 15) is 9.59 Å². The van der Waals surface area contributed by atoms with E-state index in [-0.39, 0.29) is 5.91 Å². The van der Waals surface area contributed by atoms with Crippen LogP contribution >= 0.6 is 11.3 Å². The summed E-state index contributed by atoms with van der Waals surface area (Å²) in [4.78, 5) is 27.4. The van der Waals surface area contributed by atoms with Crippen molar-refractivity contribution in [1.82, 2.24) is 4.98 Å². The number of hydrogen-bond donors (Lipinski definition) is 1. The van der Waals surface area contributed by atoms with Crippen LogP contribution in [0.1, 0.15) is 21.7 Å². The number of rotatable bonds is 5. The van der Waals surface area contributed by atoms with Gasteiger partial charge < -0.3 is 10.1 Å². The third-order valence-electron chi connectivity index (χ3n) is 2.62. The minimum Gasteiger partial charge on any atom is -0.465 e. The quantitative estimate of drug-likeness (QED) is 0.859. The summed E-state index contributed by atoms with van der Waals surface area (Å²) in [5.74, 6) is -0.577. The number of carbonyl (C=O) groups is 2. The summed E-state index contributed by atoms with van der Waals surface area (Å²) in [5, 5.41) is 3.08. The Morgan fingerprint density at radius 1 is 1.30 bits per heavy atom. The number of aromatic nitrogens is 1. The van der Waals surface area contributed by atoms with Crippen molar-refractivity contribution in [3.8, 4) is 0 Å². The zero-order valence-electron chi connectivity index (χ0n) is 11.0. The third kappa shape index (κ3) is 3.89. The fraction of sp³-hybridized carbons (Fsp3) is 0.214. The number of benzene rings is 1. The first kappa shape index (κ1) is 14.2. The molecule has 6 heteroatoms. The molecule has 20 heavy (non-hydrogen) atoms. The second-order valence-corrected chi connectivity index (χ2v) is 5.09. The number of methoxy groups -OCH3 is 1. The van der Waals surface area contributed by atoms with Gasteiger partial charge in [-0.3, -0.25) is 4.79 Å². The molecular weight excluding hydrogens is 276 g/mol. The van der Waals surface area contributed by atoms with E-state index in [1.165, 1.54) is 13.3 Å². The van der Waals surface area contributed by atoms with Gasteiger partial charge in [-0.2, -0.15) is 0 Å². The molecule has 0 aliphatic rings. The van der Waals surface area contributed by atoms with Crippen molar-refractivity contribution in [2.75, 3.05) is 12.4 Å². The lowest BCUT2D eigenvalue weighted by Gasteiger charge is -2.01. The molecule has 0 saturated heterocycles. The van der Waals surface area contributed by atoms with Crippen LogP contribution in [-0.4, -0.2) is 24.0 Å². The largest absolute Gasteiger partial charge is 0.465 e. The van der Waals surface area contributed by atoms with E-state index in [1.807, 2.05) is 30.3 Å². The van der Waals surface area contributed by atoms with E-state index in [0.29, 0.717) is 22.9 Å². The molecule has 0 aliphatic heterocycles. The highest BCUT2D eigenvalue weighted by Gasteiger charge is 2.12. The van der Waals surface area contributed by atoms with Crippen molar-refractivity contribution >= 4 is 28.3 Å². The summed E-state index contributed by atoms with van der Waals surface area (Å²) in [6.07, 6.45) is 2.43. The third-order valence-corrected chi connectivity index (χ3v) is 3.51. The van der Waals surface area contributed by atoms with Crippen LogP contribution in [0, 0.1) is 0 Å². The van der Waals surface area contributed by atoms with Gasteiger partial charge in [0.25, 0.3) is 0 Å². The number of ether oxygens (including phenoxy) is 1. The van der Waals surface area contributed by atoms with E-state index in [1.54, 1.807) is 0 Å². The minimum atomic E-state index is -0.452. The molecule has 0 aliphatic carbocycles. The van der Waals surface area contributed by atoms with Crippen LogP contribution in [0.5, 0.6) is 0 Å². The van der Waals surface area contributed by atoms with E-state index < -0.39 is 5.97 Å². The standard InChI is InChI=1S/C14H14N2O3S/c1-19-13(18)11-9-15-14(20-11)16-12(17)8-7-10-5-3-2-4-6-10/h2-6,9H,7-8H2,1H3,(H,15,16,17). The Bertz CT molecular complexity index is 595. The maximum atomic E-state index is 11.8. The van der Waals surface area contributed by atoms with Crippen LogP contribution in [0.4, 0.5) is 5.13 Å². The molecule has 5 nitrogen and oxygen atoms in total. The molecule has 0 atom stereocenters. The Balaban J connectivity index is 1.85. The molecule has 1 N–H and O–H groups in total. The molecule has 1 amide bonds. The van der Waals surface area contributed by atoms with Gasteiger partial charge in [-0.05, 0) is 12.0 Å². The van der Waals surface area contributed by atoms with E-state index in [4.69, 9.17) is 0 Å². The fourth-order valence-electron chi connectivity index (χ4n) is 1.61. The van der Waals surface area contributed by atoms with E-state index in [2.05, 4.69) is 15.0 Å². The number of amides is 1. The van der Waals surface area contributed by atoms with Gasteiger partial charge in [-0.25, -0.2) is 9.78 Å². The van der Waals surface area contributed by atoms with Crippen LogP contribution in [0.15, 0.2) is 36.5 Å². The highest BCUT2D eigenvalue weighted by Crippen LogP contribution is 2.19. The van der Waals surface area contributed by atoms with Gasteiger partial charge in [0, 0.05) is 6.42 Å². The van der Waals surface area contributed by atoms with Crippen molar-refractivity contribution in [3.63, 3.8) is 0 Å². The molecule has 0 radical (unpaired) electrons. The molecule has 0 spiro atoms. The Hall–Kier alpha value is -2.21. The Kier molecular flexibility index (Phi) is 4.84. The summed E-state index contributed by atoms with van der Waals surface area (Å²) in [5.41, 5.74) is 1.11. The lowest BCUT2D eigenvalue weighted by molar-refractivity contribution is -0.116. The Labute approximate surface area is 120 Å². The predicted octanol–water partition coefficient (Wildman–Crippen LogP) is 2.50. The van der Waals surface area contributed by atoms with Crippen LogP contribution in [0.2, 0.25) is 0 Å². The first-order chi connectivity index (χ1) is 9.69. The van der Waals surface area contributed by atoms with Gasteiger partial charge in [0.1, 0.15) is 4.88 Å². The molecule has 0 unspecified atom stereocenters. The van der Waals surface area contributed by atoms with Gasteiger partial charge in [0.15, 0.2) is 5.13 Å². The zero-order valence-corrected chi connectivity index (χ0v) is 11.8. The lowest BCUT2D eigenvalue weighted by Crippen LogP contribution is -2.11. The molecular formula is C14H14N2O3S. The van der Waals surface area contributed by atoms with Gasteiger partial charge in [-0.1, -0.05) is 41.7 Å². The normalized spacial score (nSPS) is 10.1. The van der Waals surface area contributed by atoms with Gasteiger partial charge >= 0.3 is 5.97 Å². The SMILES string of the molecule is COC(=O)c1cnc(NC(=O)CCc2ccccc2)s1. The monoisotopic (exact) mass is 290 g/mol. The van der Waals surface area contributed by atoms with E-state index >= 15 is 0 Å². The number of nitrogens with zero attached hydrogens (tertiary/aromatic N) is 1. The summed E-state index contributed by atoms with van der Waals surface area (Å²) in [7, 11) is 1.31. The predicted molar refractivity (Wildman–Crippen MR) is 76.8 cm³/mol. The molecule has 104 valence electrons. The second kappa shape index (κ2) is 6.81. The van der Waals surface area contributed by atoms with Gasteiger partial charge in [0.05, 0.1) is 13.3 Å². The Morgan fingerprint density at radius 3 is 2.75 bits per heavy atom. The summed E-state index contributed by atoms with van der Waals surface area (Å²) in [6, 6.07) is 9.78. The highest BCUT2D eigenvalue weighted by molar-refractivity contribution is 7.17. The molecule has 0 fully saturated rings. The minimum absolute atomic E-state index is 0.125. The number of aryl methyl sites for hydroxylation is 1. The fourth-order valence-corrected chi connectivity index (χ4v) is 2.36. The molecule has 1 heterocycles. The Morgan fingerprint density at radius 2 is 2.05 bits per heavy atom. The van der Waals surface area contributed by atoms with Crippen LogP contribution in [0.25, 0.3) is 0 Å². The van der Waals surface area contributed by atoms with Crippen molar-refractivity contribution in [3.05, 3.63) is 47.0 Å². The van der Waals surface area contributed by atoms with Crippen LogP contribution in [0.3, 0.4) is 0 Å². The van der Waals surface area contributed by atoms with Gasteiger partial charge in [0.2, 0.25) is 5.91 Å². The number of nitrogens with one attached hydrogen (secondary N) is 1. The van der Waals surface area contributed by atoms with Crippen LogP contribution in [-0.2, 0) is 16.0 Å². The maximum absolute atomic E-state index is 11.8. The molecule has 0 saturated carbocycles. The summed E-state index contributed by atoms with van der Waals surface area (Å²) >= 11 is 1.10. The second-order valence-electron chi connectivity index (χ2n) is 4.06. The summed E-state index contributed by atoms with van der Waals surface area (Å²) < 4.78 is 4.58. The molecule has 0 bridgehead atoms. The van der Waals surface area contributed by atoms with Crippen molar-refractivity contribution < 1.29 is 14.3 Å². The average molecular weight is 290 g/mol. The number of carbonyl (C=O) groups excluding carboxylic acids is 2. The lowest BCUT2D eigenvalue weighted by atomic mass is 10.1. The number of anilines is 1. The first-order valence-corrected chi connectivity index (χ1v) is 6.88. The number of thiazole rings is 1. The van der Waals surface area contributed by atoms with Crippen molar-refractivity contribution in [1.29, 1.82) is 0 Å². The number of esters is 1. The van der Waals surface area contributed by atoms with Crippen molar-refractivity contribution in [2.24, 2.45) is 0 Å². The van der Waals surface area contributed by atoms with Crippen LogP contribution < -0.4 is 5.32 Å². The number of hydrogen-bond acceptors (Lipinski definition) is 5. The van der Waals surface area contributed by atoms with E-state index in [0.717, 1.165) is 16.9 Å². The molecule has 1 aromatic carbocycles. The first-order valence-electron chi connectivity index (χ1n) is 6.07. The highest BCUT2D eigenvalue weighted by atomic mass is 32.1. The van der Waals surface area contributed by atoms with Crippen molar-refractivity contribution in [2.45, 2.75) is 12.8 Å². The topological polar surface area (TPSA) is 68.3 Å². The molecule has 1 aromatic heterocycles. The van der Waals surface area contributed by atoms with Gasteiger partial charge in [-0.15, -0.1) is 0 Å². The zero-order chi connectivity index (χ0) is 14.4. The smallest absolute Gasteiger partial charge is 0.349 e. The summed E-state index contributed by atoms with van der Waals surface area (Å²) in [6.45, 7) is 0. The molecule has 2 rings (SSSR count). The average Bonchev–Trinajstić information content (AvgIpc) is 2.94. The molecule has 2 aromatic rings.